The minimum Gasteiger partial charge on any atom is -0.495 e. The Balaban J connectivity index is 1.70. The van der Waals surface area contributed by atoms with Crippen molar-refractivity contribution in [3.63, 3.8) is 0 Å². The van der Waals surface area contributed by atoms with Crippen LogP contribution in [0.4, 0.5) is 5.69 Å². The zero-order valence-electron chi connectivity index (χ0n) is 14.7. The maximum atomic E-state index is 12.5. The zero-order chi connectivity index (χ0) is 18.6. The van der Waals surface area contributed by atoms with Gasteiger partial charge >= 0.3 is 0 Å². The van der Waals surface area contributed by atoms with Gasteiger partial charge in [-0.15, -0.1) is 0 Å². The number of fused-ring (bicyclic) bond motifs is 1. The van der Waals surface area contributed by atoms with E-state index in [1.807, 2.05) is 60.7 Å². The zero-order valence-corrected chi connectivity index (χ0v) is 14.7. The molecule has 5 nitrogen and oxygen atoms in total. The highest BCUT2D eigenvalue weighted by Gasteiger charge is 2.12. The number of methoxy groups -OCH3 is 1. The first-order valence-corrected chi connectivity index (χ1v) is 8.51. The molecule has 0 atom stereocenters. The van der Waals surface area contributed by atoms with Crippen molar-refractivity contribution in [3.05, 3.63) is 84.6 Å². The molecule has 1 amide bonds. The molecule has 3 aromatic carbocycles. The van der Waals surface area contributed by atoms with Crippen LogP contribution in [-0.4, -0.2) is 23.0 Å². The van der Waals surface area contributed by atoms with Crippen LogP contribution in [0.1, 0.15) is 10.4 Å². The monoisotopic (exact) mass is 355 g/mol. The highest BCUT2D eigenvalue weighted by molar-refractivity contribution is 6.05. The largest absolute Gasteiger partial charge is 0.495 e. The number of hydrogen-bond acceptors (Lipinski definition) is 4. The predicted molar refractivity (Wildman–Crippen MR) is 106 cm³/mol. The molecule has 0 spiro atoms. The fourth-order valence-electron chi connectivity index (χ4n) is 2.85. The average molecular weight is 355 g/mol. The Morgan fingerprint density at radius 1 is 0.926 bits per heavy atom. The molecule has 0 saturated heterocycles. The maximum Gasteiger partial charge on any atom is 0.255 e. The van der Waals surface area contributed by atoms with E-state index in [1.54, 1.807) is 25.4 Å². The number of anilines is 1. The molecule has 4 rings (SSSR count). The van der Waals surface area contributed by atoms with E-state index in [-0.39, 0.29) is 5.91 Å². The number of nitrogens with one attached hydrogen (secondary N) is 1. The van der Waals surface area contributed by atoms with Gasteiger partial charge in [-0.2, -0.15) is 0 Å². The lowest BCUT2D eigenvalue weighted by Crippen LogP contribution is -2.12. The summed E-state index contributed by atoms with van der Waals surface area (Å²) in [6, 6.07) is 22.3. The first kappa shape index (κ1) is 16.7. The van der Waals surface area contributed by atoms with Crippen LogP contribution in [0.2, 0.25) is 0 Å². The van der Waals surface area contributed by atoms with Gasteiger partial charge in [-0.05, 0) is 42.5 Å². The summed E-state index contributed by atoms with van der Waals surface area (Å²) < 4.78 is 5.39. The second kappa shape index (κ2) is 7.25. The van der Waals surface area contributed by atoms with Gasteiger partial charge in [0.2, 0.25) is 0 Å². The molecule has 5 heteroatoms. The topological polar surface area (TPSA) is 64.1 Å². The lowest BCUT2D eigenvalue weighted by molar-refractivity contribution is 0.102. The molecule has 0 saturated carbocycles. The molecule has 1 aromatic heterocycles. The second-order valence-electron chi connectivity index (χ2n) is 5.98. The number of benzene rings is 3. The molecule has 132 valence electrons. The Morgan fingerprint density at radius 3 is 2.44 bits per heavy atom. The van der Waals surface area contributed by atoms with Crippen molar-refractivity contribution in [2.24, 2.45) is 0 Å². The lowest BCUT2D eigenvalue weighted by Gasteiger charge is -2.12. The molecule has 1 heterocycles. The minimum absolute atomic E-state index is 0.198. The number of amides is 1. The van der Waals surface area contributed by atoms with Gasteiger partial charge in [0.05, 0.1) is 35.7 Å². The molecule has 0 aliphatic carbocycles. The summed E-state index contributed by atoms with van der Waals surface area (Å²) in [4.78, 5) is 21.6. The summed E-state index contributed by atoms with van der Waals surface area (Å²) in [7, 11) is 1.57. The minimum atomic E-state index is -0.198. The van der Waals surface area contributed by atoms with E-state index < -0.39 is 0 Å². The van der Waals surface area contributed by atoms with Gasteiger partial charge in [0.25, 0.3) is 5.91 Å². The number of ether oxygens (including phenoxy) is 1. The third-order valence-electron chi connectivity index (χ3n) is 4.23. The number of aromatic nitrogens is 2. The maximum absolute atomic E-state index is 12.5. The molecule has 4 aromatic rings. The van der Waals surface area contributed by atoms with Gasteiger partial charge in [0.1, 0.15) is 5.75 Å². The van der Waals surface area contributed by atoms with Crippen LogP contribution in [0.15, 0.2) is 79.0 Å². The van der Waals surface area contributed by atoms with Crippen LogP contribution in [0.25, 0.3) is 22.3 Å². The molecule has 0 unspecified atom stereocenters. The van der Waals surface area contributed by atoms with Crippen molar-refractivity contribution in [1.29, 1.82) is 0 Å². The first-order chi connectivity index (χ1) is 13.2. The van der Waals surface area contributed by atoms with E-state index in [9.17, 15) is 4.79 Å². The number of hydrogen-bond donors (Lipinski definition) is 1. The molecule has 0 aliphatic heterocycles. The van der Waals surface area contributed by atoms with E-state index in [0.29, 0.717) is 17.0 Å². The smallest absolute Gasteiger partial charge is 0.255 e. The molecular weight excluding hydrogens is 338 g/mol. The second-order valence-corrected chi connectivity index (χ2v) is 5.98. The van der Waals surface area contributed by atoms with Crippen LogP contribution in [-0.2, 0) is 0 Å². The quantitative estimate of drug-likeness (QED) is 0.583. The van der Waals surface area contributed by atoms with Gasteiger partial charge in [0.15, 0.2) is 0 Å². The Bertz CT molecular complexity index is 1110. The fourth-order valence-corrected chi connectivity index (χ4v) is 2.85. The van der Waals surface area contributed by atoms with Crippen LogP contribution < -0.4 is 10.1 Å². The number of carbonyl (C=O) groups is 1. The van der Waals surface area contributed by atoms with Gasteiger partial charge in [-0.3, -0.25) is 9.78 Å². The number of rotatable bonds is 4. The van der Waals surface area contributed by atoms with Crippen LogP contribution in [0, 0.1) is 0 Å². The summed E-state index contributed by atoms with van der Waals surface area (Å²) >= 11 is 0. The van der Waals surface area contributed by atoms with Crippen molar-refractivity contribution in [3.8, 4) is 17.0 Å². The molecule has 1 N–H and O–H groups in total. The molecule has 0 radical (unpaired) electrons. The Kier molecular flexibility index (Phi) is 4.49. The third kappa shape index (κ3) is 3.48. The van der Waals surface area contributed by atoms with E-state index in [2.05, 4.69) is 15.3 Å². The summed E-state index contributed by atoms with van der Waals surface area (Å²) in [6.45, 7) is 0. The summed E-state index contributed by atoms with van der Waals surface area (Å²) in [6.07, 6.45) is 1.73. The number of nitrogens with zero attached hydrogens (tertiary/aromatic N) is 2. The molecular formula is C22H17N3O2. The van der Waals surface area contributed by atoms with Crippen molar-refractivity contribution < 1.29 is 9.53 Å². The van der Waals surface area contributed by atoms with Gasteiger partial charge in [-0.1, -0.05) is 30.3 Å². The molecule has 0 bridgehead atoms. The number of carbonyl (C=O) groups excluding carboxylic acids is 1. The first-order valence-electron chi connectivity index (χ1n) is 8.51. The van der Waals surface area contributed by atoms with Gasteiger partial charge in [0, 0.05) is 11.1 Å². The van der Waals surface area contributed by atoms with Crippen molar-refractivity contribution in [2.75, 3.05) is 12.4 Å². The normalized spacial score (nSPS) is 10.6. The SMILES string of the molecule is COc1ccc(-c2cnc3ccccc3n2)cc1NC(=O)c1ccccc1. The fraction of sp³-hybridized carbons (Fsp3) is 0.0455. The van der Waals surface area contributed by atoms with E-state index >= 15 is 0 Å². The molecule has 0 fully saturated rings. The Hall–Kier alpha value is -3.73. The lowest BCUT2D eigenvalue weighted by atomic mass is 10.1. The predicted octanol–water partition coefficient (Wildman–Crippen LogP) is 4.56. The van der Waals surface area contributed by atoms with Crippen molar-refractivity contribution >= 4 is 22.6 Å². The summed E-state index contributed by atoms with van der Waals surface area (Å²) in [5.74, 6) is 0.382. The van der Waals surface area contributed by atoms with E-state index in [1.165, 1.54) is 0 Å². The van der Waals surface area contributed by atoms with Crippen LogP contribution >= 0.6 is 0 Å². The van der Waals surface area contributed by atoms with Crippen LogP contribution in [0.3, 0.4) is 0 Å². The summed E-state index contributed by atoms with van der Waals surface area (Å²) in [5, 5.41) is 2.91. The average Bonchev–Trinajstić information content (AvgIpc) is 2.74. The van der Waals surface area contributed by atoms with Crippen molar-refractivity contribution in [2.45, 2.75) is 0 Å². The molecule has 27 heavy (non-hydrogen) atoms. The van der Waals surface area contributed by atoms with Gasteiger partial charge in [-0.25, -0.2) is 4.98 Å². The van der Waals surface area contributed by atoms with E-state index in [0.717, 1.165) is 22.3 Å². The highest BCUT2D eigenvalue weighted by Crippen LogP contribution is 2.30. The van der Waals surface area contributed by atoms with Crippen LogP contribution in [0.5, 0.6) is 5.75 Å². The van der Waals surface area contributed by atoms with Crippen molar-refractivity contribution in [1.82, 2.24) is 9.97 Å². The molecule has 0 aliphatic rings. The number of para-hydroxylation sites is 2. The standard InChI is InChI=1S/C22H17N3O2/c1-27-21-12-11-16(20-14-23-17-9-5-6-10-18(17)24-20)13-19(21)25-22(26)15-7-3-2-4-8-15/h2-14H,1H3,(H,25,26). The van der Waals surface area contributed by atoms with E-state index in [4.69, 9.17) is 4.74 Å². The summed E-state index contributed by atoms with van der Waals surface area (Å²) in [5.41, 5.74) is 4.39. The third-order valence-corrected chi connectivity index (χ3v) is 4.23. The Labute approximate surface area is 156 Å². The Morgan fingerprint density at radius 2 is 1.67 bits per heavy atom. The highest BCUT2D eigenvalue weighted by atomic mass is 16.5. The van der Waals surface area contributed by atoms with Gasteiger partial charge < -0.3 is 10.1 Å².